The van der Waals surface area contributed by atoms with E-state index in [0.29, 0.717) is 0 Å². The first kappa shape index (κ1) is 14.6. The number of hydrogen-bond donors (Lipinski definition) is 1. The van der Waals surface area contributed by atoms with Crippen molar-refractivity contribution in [2.24, 2.45) is 0 Å². The standard InChI is InChI=1S/C15H14Br2O2/c1-9-6-14(17)12(8-13(9)16)15(18)10-4-3-5-11(7-10)19-2/h3-8,15,18H,1-2H3. The number of aryl methyl sites for hydroxylation is 1. The molecule has 0 heterocycles. The molecule has 0 aromatic heterocycles. The fourth-order valence-electron chi connectivity index (χ4n) is 1.86. The predicted molar refractivity (Wildman–Crippen MR) is 83.6 cm³/mol. The summed E-state index contributed by atoms with van der Waals surface area (Å²) in [7, 11) is 1.61. The van der Waals surface area contributed by atoms with Crippen LogP contribution in [0.25, 0.3) is 0 Å². The van der Waals surface area contributed by atoms with Crippen LogP contribution in [0.15, 0.2) is 45.3 Å². The zero-order chi connectivity index (χ0) is 14.0. The number of benzene rings is 2. The van der Waals surface area contributed by atoms with Gasteiger partial charge in [0.25, 0.3) is 0 Å². The number of aliphatic hydroxyl groups excluding tert-OH is 1. The van der Waals surface area contributed by atoms with Gasteiger partial charge < -0.3 is 9.84 Å². The van der Waals surface area contributed by atoms with Gasteiger partial charge in [0, 0.05) is 14.5 Å². The maximum atomic E-state index is 10.5. The van der Waals surface area contributed by atoms with E-state index in [9.17, 15) is 5.11 Å². The van der Waals surface area contributed by atoms with Crippen molar-refractivity contribution in [1.29, 1.82) is 0 Å². The van der Waals surface area contributed by atoms with Gasteiger partial charge in [-0.15, -0.1) is 0 Å². The molecule has 0 radical (unpaired) electrons. The van der Waals surface area contributed by atoms with Crippen LogP contribution in [0.2, 0.25) is 0 Å². The summed E-state index contributed by atoms with van der Waals surface area (Å²) in [6.07, 6.45) is -0.693. The largest absolute Gasteiger partial charge is 0.497 e. The van der Waals surface area contributed by atoms with Crippen LogP contribution in [-0.4, -0.2) is 12.2 Å². The van der Waals surface area contributed by atoms with Crippen LogP contribution in [0.1, 0.15) is 22.8 Å². The van der Waals surface area contributed by atoms with Crippen molar-refractivity contribution in [3.63, 3.8) is 0 Å². The molecular formula is C15H14Br2O2. The fraction of sp³-hybridized carbons (Fsp3) is 0.200. The summed E-state index contributed by atoms with van der Waals surface area (Å²) < 4.78 is 7.05. The first-order valence-electron chi connectivity index (χ1n) is 5.80. The molecule has 0 spiro atoms. The highest BCUT2D eigenvalue weighted by atomic mass is 79.9. The van der Waals surface area contributed by atoms with Gasteiger partial charge in [-0.25, -0.2) is 0 Å². The molecule has 0 fully saturated rings. The van der Waals surface area contributed by atoms with Crippen LogP contribution >= 0.6 is 31.9 Å². The average molecular weight is 386 g/mol. The molecule has 0 bridgehead atoms. The van der Waals surface area contributed by atoms with Gasteiger partial charge in [-0.1, -0.05) is 44.0 Å². The molecule has 0 aliphatic carbocycles. The lowest BCUT2D eigenvalue weighted by Gasteiger charge is -2.15. The molecule has 1 N–H and O–H groups in total. The predicted octanol–water partition coefficient (Wildman–Crippen LogP) is 4.61. The Morgan fingerprint density at radius 3 is 2.53 bits per heavy atom. The minimum absolute atomic E-state index is 0.693. The van der Waals surface area contributed by atoms with Gasteiger partial charge in [0.15, 0.2) is 0 Å². The summed E-state index contributed by atoms with van der Waals surface area (Å²) in [6.45, 7) is 2.01. The molecule has 0 saturated carbocycles. The van der Waals surface area contributed by atoms with Gasteiger partial charge in [-0.05, 0) is 42.3 Å². The van der Waals surface area contributed by atoms with Gasteiger partial charge in [0.2, 0.25) is 0 Å². The van der Waals surface area contributed by atoms with Gasteiger partial charge in [0.05, 0.1) is 7.11 Å². The van der Waals surface area contributed by atoms with Crippen molar-refractivity contribution in [1.82, 2.24) is 0 Å². The van der Waals surface area contributed by atoms with E-state index in [1.807, 2.05) is 43.3 Å². The van der Waals surface area contributed by atoms with Crippen molar-refractivity contribution < 1.29 is 9.84 Å². The SMILES string of the molecule is COc1cccc(C(O)c2cc(Br)c(C)cc2Br)c1. The van der Waals surface area contributed by atoms with Crippen LogP contribution in [0.5, 0.6) is 5.75 Å². The zero-order valence-corrected chi connectivity index (χ0v) is 13.8. The van der Waals surface area contributed by atoms with E-state index in [-0.39, 0.29) is 0 Å². The molecule has 2 aromatic rings. The maximum absolute atomic E-state index is 10.5. The summed E-state index contributed by atoms with van der Waals surface area (Å²) in [6, 6.07) is 11.4. The minimum Gasteiger partial charge on any atom is -0.497 e. The first-order chi connectivity index (χ1) is 9.02. The van der Waals surface area contributed by atoms with E-state index in [1.54, 1.807) is 7.11 Å². The quantitative estimate of drug-likeness (QED) is 0.835. The lowest BCUT2D eigenvalue weighted by molar-refractivity contribution is 0.219. The van der Waals surface area contributed by atoms with Crippen molar-refractivity contribution in [2.45, 2.75) is 13.0 Å². The molecule has 4 heteroatoms. The molecule has 2 rings (SSSR count). The lowest BCUT2D eigenvalue weighted by Crippen LogP contribution is -2.01. The number of ether oxygens (including phenoxy) is 1. The summed E-state index contributed by atoms with van der Waals surface area (Å²) in [5.41, 5.74) is 2.75. The molecule has 0 amide bonds. The zero-order valence-electron chi connectivity index (χ0n) is 10.7. The van der Waals surface area contributed by atoms with Crippen LogP contribution in [0.4, 0.5) is 0 Å². The highest BCUT2D eigenvalue weighted by Gasteiger charge is 2.15. The smallest absolute Gasteiger partial charge is 0.119 e. The van der Waals surface area contributed by atoms with Crippen LogP contribution < -0.4 is 4.74 Å². The summed E-state index contributed by atoms with van der Waals surface area (Å²) in [5, 5.41) is 10.5. The summed E-state index contributed by atoms with van der Waals surface area (Å²) >= 11 is 7.00. The number of hydrogen-bond acceptors (Lipinski definition) is 2. The Hall–Kier alpha value is -0.840. The Bertz CT molecular complexity index is 597. The van der Waals surface area contributed by atoms with E-state index in [1.165, 1.54) is 0 Å². The second-order valence-electron chi connectivity index (χ2n) is 4.30. The van der Waals surface area contributed by atoms with E-state index in [2.05, 4.69) is 31.9 Å². The van der Waals surface area contributed by atoms with Crippen LogP contribution in [0.3, 0.4) is 0 Å². The monoisotopic (exact) mass is 384 g/mol. The summed E-state index contributed by atoms with van der Waals surface area (Å²) in [4.78, 5) is 0. The Morgan fingerprint density at radius 2 is 1.84 bits per heavy atom. The Morgan fingerprint density at radius 1 is 1.11 bits per heavy atom. The highest BCUT2D eigenvalue weighted by Crippen LogP contribution is 2.33. The van der Waals surface area contributed by atoms with E-state index < -0.39 is 6.10 Å². The number of aliphatic hydroxyl groups is 1. The Labute approximate surface area is 129 Å². The van der Waals surface area contributed by atoms with Crippen molar-refractivity contribution in [3.8, 4) is 5.75 Å². The van der Waals surface area contributed by atoms with E-state index >= 15 is 0 Å². The van der Waals surface area contributed by atoms with E-state index in [4.69, 9.17) is 4.74 Å². The lowest BCUT2D eigenvalue weighted by atomic mass is 10.0. The Balaban J connectivity index is 2.43. The third kappa shape index (κ3) is 3.19. The van der Waals surface area contributed by atoms with Gasteiger partial charge in [0.1, 0.15) is 11.9 Å². The van der Waals surface area contributed by atoms with Crippen molar-refractivity contribution in [3.05, 3.63) is 62.0 Å². The van der Waals surface area contributed by atoms with Gasteiger partial charge in [-0.2, -0.15) is 0 Å². The molecule has 0 aliphatic heterocycles. The van der Waals surface area contributed by atoms with Crippen LogP contribution in [-0.2, 0) is 0 Å². The van der Waals surface area contributed by atoms with Gasteiger partial charge in [-0.3, -0.25) is 0 Å². The normalized spacial score (nSPS) is 12.3. The molecule has 0 aliphatic rings. The molecule has 2 nitrogen and oxygen atoms in total. The highest BCUT2D eigenvalue weighted by molar-refractivity contribution is 9.11. The molecule has 100 valence electrons. The second-order valence-corrected chi connectivity index (χ2v) is 6.01. The maximum Gasteiger partial charge on any atom is 0.119 e. The fourth-order valence-corrected chi connectivity index (χ4v) is 2.90. The van der Waals surface area contributed by atoms with E-state index in [0.717, 1.165) is 31.4 Å². The van der Waals surface area contributed by atoms with Crippen LogP contribution in [0, 0.1) is 6.92 Å². The topological polar surface area (TPSA) is 29.5 Å². The molecule has 1 atom stereocenters. The van der Waals surface area contributed by atoms with Gasteiger partial charge >= 0.3 is 0 Å². The second kappa shape index (κ2) is 6.07. The van der Waals surface area contributed by atoms with Crippen molar-refractivity contribution >= 4 is 31.9 Å². The Kier molecular flexibility index (Phi) is 4.66. The number of halogens is 2. The third-order valence-electron chi connectivity index (χ3n) is 2.98. The minimum atomic E-state index is -0.693. The molecule has 0 saturated heterocycles. The molecule has 19 heavy (non-hydrogen) atoms. The molecule has 1 unspecified atom stereocenters. The number of methoxy groups -OCH3 is 1. The molecule has 2 aromatic carbocycles. The average Bonchev–Trinajstić information content (AvgIpc) is 2.42. The van der Waals surface area contributed by atoms with Crippen molar-refractivity contribution in [2.75, 3.05) is 7.11 Å². The summed E-state index contributed by atoms with van der Waals surface area (Å²) in [5.74, 6) is 0.735. The first-order valence-corrected chi connectivity index (χ1v) is 7.39. The third-order valence-corrected chi connectivity index (χ3v) is 4.52. The molecular weight excluding hydrogens is 372 g/mol. The number of rotatable bonds is 3.